The molecule has 6 heteroatoms. The lowest BCUT2D eigenvalue weighted by molar-refractivity contribution is 0.0936. The molecule has 2 atom stereocenters. The maximum Gasteiger partial charge on any atom is 0.263 e. The zero-order valence-corrected chi connectivity index (χ0v) is 13.0. The first-order chi connectivity index (χ1) is 10.7. The lowest BCUT2D eigenvalue weighted by Gasteiger charge is -2.14. The second kappa shape index (κ2) is 6.16. The van der Waals surface area contributed by atoms with Crippen LogP contribution in [0, 0.1) is 17.4 Å². The fourth-order valence-corrected chi connectivity index (χ4v) is 3.39. The summed E-state index contributed by atoms with van der Waals surface area (Å²) in [6.45, 7) is 3.32. The average molecular weight is 312 g/mol. The van der Waals surface area contributed by atoms with Gasteiger partial charge in [0.25, 0.3) is 5.91 Å². The quantitative estimate of drug-likeness (QED) is 0.883. The number of benzene rings is 1. The molecule has 1 unspecified atom stereocenters. The average Bonchev–Trinajstić information content (AvgIpc) is 3.16. The molecule has 0 radical (unpaired) electrons. The highest BCUT2D eigenvalue weighted by Crippen LogP contribution is 2.25. The van der Waals surface area contributed by atoms with E-state index in [9.17, 15) is 4.79 Å². The summed E-state index contributed by atoms with van der Waals surface area (Å²) in [5, 5.41) is 12.8. The summed E-state index contributed by atoms with van der Waals surface area (Å²) in [6, 6.07) is 9.82. The van der Waals surface area contributed by atoms with Crippen molar-refractivity contribution in [3.05, 3.63) is 41.4 Å². The number of thiazole rings is 1. The topological polar surface area (TPSA) is 69.0 Å². The van der Waals surface area contributed by atoms with Crippen molar-refractivity contribution in [3.8, 4) is 16.8 Å². The molecule has 3 rings (SSSR count). The van der Waals surface area contributed by atoms with Gasteiger partial charge in [-0.3, -0.25) is 4.79 Å². The number of nitrogens with one attached hydrogen (secondary N) is 1. The summed E-state index contributed by atoms with van der Waals surface area (Å²) in [5.41, 5.74) is 1.01. The second-order valence-corrected chi connectivity index (χ2v) is 6.49. The number of nitriles is 1. The van der Waals surface area contributed by atoms with Crippen molar-refractivity contribution in [1.29, 1.82) is 5.26 Å². The van der Waals surface area contributed by atoms with Gasteiger partial charge in [0.1, 0.15) is 9.88 Å². The maximum atomic E-state index is 12.3. The molecule has 0 spiro atoms. The standard InChI is InChI=1S/C16H16N4OS/c1-11-8-20(10-17)9-13(11)19-15(21)14-7-18-16(22-14)12-5-3-2-4-6-12/h2-7,11,13H,8-9H2,1H3,(H,19,21)/t11?,13-/m1/s1. The van der Waals surface area contributed by atoms with Crippen LogP contribution >= 0.6 is 11.3 Å². The predicted molar refractivity (Wildman–Crippen MR) is 85.2 cm³/mol. The first-order valence-corrected chi connectivity index (χ1v) is 7.96. The number of likely N-dealkylation sites (tertiary alicyclic amines) is 1. The fraction of sp³-hybridized carbons (Fsp3) is 0.312. The number of amides is 1. The minimum atomic E-state index is -0.115. The van der Waals surface area contributed by atoms with Gasteiger partial charge in [0.2, 0.25) is 0 Å². The van der Waals surface area contributed by atoms with Crippen LogP contribution in [0.25, 0.3) is 10.6 Å². The molecular weight excluding hydrogens is 296 g/mol. The number of hydrogen-bond donors (Lipinski definition) is 1. The molecule has 112 valence electrons. The molecule has 5 nitrogen and oxygen atoms in total. The Morgan fingerprint density at radius 3 is 2.86 bits per heavy atom. The number of rotatable bonds is 3. The lowest BCUT2D eigenvalue weighted by Crippen LogP contribution is -2.39. The molecule has 1 saturated heterocycles. The van der Waals surface area contributed by atoms with Crippen molar-refractivity contribution in [2.75, 3.05) is 13.1 Å². The van der Waals surface area contributed by atoms with Gasteiger partial charge in [0, 0.05) is 18.7 Å². The molecule has 1 aromatic carbocycles. The van der Waals surface area contributed by atoms with Gasteiger partial charge in [-0.05, 0) is 5.92 Å². The van der Waals surface area contributed by atoms with Crippen LogP contribution in [-0.4, -0.2) is 34.9 Å². The Balaban J connectivity index is 1.69. The summed E-state index contributed by atoms with van der Waals surface area (Å²) in [6.07, 6.45) is 3.75. The Morgan fingerprint density at radius 2 is 2.18 bits per heavy atom. The van der Waals surface area contributed by atoms with Crippen LogP contribution in [0.3, 0.4) is 0 Å². The molecule has 0 aliphatic carbocycles. The molecule has 1 aliphatic rings. The van der Waals surface area contributed by atoms with Gasteiger partial charge in [-0.15, -0.1) is 11.3 Å². The van der Waals surface area contributed by atoms with Gasteiger partial charge < -0.3 is 10.2 Å². The maximum absolute atomic E-state index is 12.3. The first kappa shape index (κ1) is 14.5. The molecule has 1 fully saturated rings. The number of hydrogen-bond acceptors (Lipinski definition) is 5. The van der Waals surface area contributed by atoms with Crippen molar-refractivity contribution < 1.29 is 4.79 Å². The lowest BCUT2D eigenvalue weighted by atomic mass is 10.1. The van der Waals surface area contributed by atoms with E-state index in [0.717, 1.165) is 10.6 Å². The third-order valence-electron chi connectivity index (χ3n) is 3.82. The molecule has 0 bridgehead atoms. The Morgan fingerprint density at radius 1 is 1.41 bits per heavy atom. The third kappa shape index (κ3) is 2.95. The highest BCUT2D eigenvalue weighted by molar-refractivity contribution is 7.16. The van der Waals surface area contributed by atoms with Crippen molar-refractivity contribution in [1.82, 2.24) is 15.2 Å². The summed E-state index contributed by atoms with van der Waals surface area (Å²) in [4.78, 5) is 18.9. The molecule has 22 heavy (non-hydrogen) atoms. The summed E-state index contributed by atoms with van der Waals surface area (Å²) in [5.74, 6) is 0.154. The van der Waals surface area contributed by atoms with E-state index in [-0.39, 0.29) is 17.9 Å². The highest BCUT2D eigenvalue weighted by Gasteiger charge is 2.30. The number of aromatic nitrogens is 1. The zero-order valence-electron chi connectivity index (χ0n) is 12.2. The van der Waals surface area contributed by atoms with E-state index in [0.29, 0.717) is 18.0 Å². The molecule has 1 N–H and O–H groups in total. The highest BCUT2D eigenvalue weighted by atomic mass is 32.1. The van der Waals surface area contributed by atoms with E-state index in [4.69, 9.17) is 5.26 Å². The Labute approximate surface area is 133 Å². The molecule has 1 aliphatic heterocycles. The number of carbonyl (C=O) groups is 1. The van der Waals surface area contributed by atoms with Gasteiger partial charge in [-0.25, -0.2) is 4.98 Å². The van der Waals surface area contributed by atoms with Crippen molar-refractivity contribution in [3.63, 3.8) is 0 Å². The summed E-state index contributed by atoms with van der Waals surface area (Å²) >= 11 is 1.38. The first-order valence-electron chi connectivity index (χ1n) is 7.14. The Kier molecular flexibility index (Phi) is 4.07. The van der Waals surface area contributed by atoms with Crippen LogP contribution in [0.4, 0.5) is 0 Å². The van der Waals surface area contributed by atoms with Crippen LogP contribution in [0.15, 0.2) is 36.5 Å². The van der Waals surface area contributed by atoms with E-state index in [2.05, 4.69) is 16.5 Å². The van der Waals surface area contributed by atoms with E-state index < -0.39 is 0 Å². The van der Waals surface area contributed by atoms with Crippen LogP contribution < -0.4 is 5.32 Å². The largest absolute Gasteiger partial charge is 0.346 e. The minimum absolute atomic E-state index is 0.00873. The minimum Gasteiger partial charge on any atom is -0.346 e. The molecule has 1 aromatic heterocycles. The normalized spacial score (nSPS) is 20.6. The van der Waals surface area contributed by atoms with Crippen LogP contribution in [-0.2, 0) is 0 Å². The van der Waals surface area contributed by atoms with Gasteiger partial charge >= 0.3 is 0 Å². The molecular formula is C16H16N4OS. The summed E-state index contributed by atoms with van der Waals surface area (Å²) < 4.78 is 0. The van der Waals surface area contributed by atoms with Gasteiger partial charge in [-0.1, -0.05) is 37.3 Å². The number of nitrogens with zero attached hydrogens (tertiary/aromatic N) is 3. The van der Waals surface area contributed by atoms with E-state index in [1.165, 1.54) is 11.3 Å². The molecule has 0 saturated carbocycles. The van der Waals surface area contributed by atoms with Crippen molar-refractivity contribution >= 4 is 17.2 Å². The second-order valence-electron chi connectivity index (χ2n) is 5.46. The Hall–Kier alpha value is -2.39. The van der Waals surface area contributed by atoms with E-state index in [1.54, 1.807) is 11.1 Å². The van der Waals surface area contributed by atoms with Crippen LogP contribution in [0.5, 0.6) is 0 Å². The van der Waals surface area contributed by atoms with Gasteiger partial charge in [-0.2, -0.15) is 5.26 Å². The molecule has 1 amide bonds. The van der Waals surface area contributed by atoms with Gasteiger partial charge in [0.05, 0.1) is 12.2 Å². The van der Waals surface area contributed by atoms with E-state index >= 15 is 0 Å². The fourth-order valence-electron chi connectivity index (χ4n) is 2.57. The summed E-state index contributed by atoms with van der Waals surface area (Å²) in [7, 11) is 0. The SMILES string of the molecule is CC1CN(C#N)C[C@H]1NC(=O)c1cnc(-c2ccccc2)s1. The van der Waals surface area contributed by atoms with Crippen LogP contribution in [0.1, 0.15) is 16.6 Å². The van der Waals surface area contributed by atoms with Gasteiger partial charge in [0.15, 0.2) is 6.19 Å². The van der Waals surface area contributed by atoms with Crippen molar-refractivity contribution in [2.24, 2.45) is 5.92 Å². The monoisotopic (exact) mass is 312 g/mol. The Bertz CT molecular complexity index is 706. The third-order valence-corrected chi connectivity index (χ3v) is 4.87. The van der Waals surface area contributed by atoms with Crippen LogP contribution in [0.2, 0.25) is 0 Å². The van der Waals surface area contributed by atoms with Crippen molar-refractivity contribution in [2.45, 2.75) is 13.0 Å². The zero-order chi connectivity index (χ0) is 15.5. The smallest absolute Gasteiger partial charge is 0.263 e. The number of carbonyl (C=O) groups excluding carboxylic acids is 1. The van der Waals surface area contributed by atoms with E-state index in [1.807, 2.05) is 37.3 Å². The predicted octanol–water partition coefficient (Wildman–Crippen LogP) is 2.34. The molecule has 2 heterocycles. The molecule has 2 aromatic rings.